The molecule has 2 nitrogen and oxygen atoms in total. The molecule has 1 aromatic heterocycles. The first-order valence-electron chi connectivity index (χ1n) is 5.11. The second-order valence-electron chi connectivity index (χ2n) is 3.62. The van der Waals surface area contributed by atoms with Crippen LogP contribution in [0.25, 0.3) is 0 Å². The highest BCUT2D eigenvalue weighted by Gasteiger charge is 2.15. The van der Waals surface area contributed by atoms with E-state index in [-0.39, 0.29) is 11.6 Å². The van der Waals surface area contributed by atoms with Gasteiger partial charge in [-0.25, -0.2) is 4.39 Å². The van der Waals surface area contributed by atoms with E-state index in [0.717, 1.165) is 4.90 Å². The lowest BCUT2D eigenvalue weighted by Crippen LogP contribution is -1.97. The van der Waals surface area contributed by atoms with Gasteiger partial charge in [0, 0.05) is 5.56 Å². The van der Waals surface area contributed by atoms with Gasteiger partial charge in [-0.3, -0.25) is 4.79 Å². The molecule has 17 heavy (non-hydrogen) atoms. The predicted octanol–water partition coefficient (Wildman–Crippen LogP) is 4.08. The molecule has 0 radical (unpaired) electrons. The van der Waals surface area contributed by atoms with Gasteiger partial charge in [-0.2, -0.15) is 0 Å². The number of hydrogen-bond donors (Lipinski definition) is 0. The molecule has 0 amide bonds. The third-order valence-corrected chi connectivity index (χ3v) is 3.63. The minimum absolute atomic E-state index is 0.145. The summed E-state index contributed by atoms with van der Waals surface area (Å²) in [6.45, 7) is 3.23. The molecule has 0 saturated heterocycles. The molecule has 0 atom stereocenters. The Bertz CT molecular complexity index is 560. The quantitative estimate of drug-likeness (QED) is 0.769. The normalized spacial score (nSPS) is 10.5. The van der Waals surface area contributed by atoms with Crippen LogP contribution in [0.2, 0.25) is 0 Å². The number of halogens is 1. The average molecular weight is 250 g/mol. The third kappa shape index (κ3) is 2.42. The van der Waals surface area contributed by atoms with Crippen LogP contribution in [-0.2, 0) is 0 Å². The monoisotopic (exact) mass is 250 g/mol. The van der Waals surface area contributed by atoms with Crippen LogP contribution in [0.4, 0.5) is 4.39 Å². The molecule has 0 spiro atoms. The van der Waals surface area contributed by atoms with E-state index in [4.69, 9.17) is 4.42 Å². The molecule has 0 saturated carbocycles. The van der Waals surface area contributed by atoms with Gasteiger partial charge in [0.05, 0.1) is 16.1 Å². The van der Waals surface area contributed by atoms with E-state index < -0.39 is 0 Å². The lowest BCUT2D eigenvalue weighted by Gasteiger charge is -2.06. The maximum absolute atomic E-state index is 13.7. The summed E-state index contributed by atoms with van der Waals surface area (Å²) in [5, 5.41) is 0. The minimum atomic E-state index is -0.386. The van der Waals surface area contributed by atoms with Gasteiger partial charge in [0.25, 0.3) is 0 Å². The van der Waals surface area contributed by atoms with Crippen molar-refractivity contribution < 1.29 is 13.6 Å². The van der Waals surface area contributed by atoms with E-state index >= 15 is 0 Å². The van der Waals surface area contributed by atoms with Crippen molar-refractivity contribution in [3.8, 4) is 0 Å². The van der Waals surface area contributed by atoms with Crippen molar-refractivity contribution in [2.24, 2.45) is 0 Å². The van der Waals surface area contributed by atoms with Crippen LogP contribution in [-0.4, -0.2) is 5.78 Å². The molecule has 0 bridgehead atoms. The number of benzene rings is 1. The highest BCUT2D eigenvalue weighted by atomic mass is 32.2. The first-order chi connectivity index (χ1) is 8.09. The summed E-state index contributed by atoms with van der Waals surface area (Å²) in [7, 11) is 0. The van der Waals surface area contributed by atoms with Crippen molar-refractivity contribution in [1.29, 1.82) is 0 Å². The topological polar surface area (TPSA) is 30.2 Å². The van der Waals surface area contributed by atoms with Gasteiger partial charge in [0.2, 0.25) is 0 Å². The number of ketones is 1. The Morgan fingerprint density at radius 3 is 2.71 bits per heavy atom. The fraction of sp³-hybridized carbons (Fsp3) is 0.154. The Labute approximate surface area is 103 Å². The second-order valence-corrected chi connectivity index (χ2v) is 4.67. The molecule has 2 rings (SSSR count). The van der Waals surface area contributed by atoms with Crippen LogP contribution in [0.3, 0.4) is 0 Å². The second kappa shape index (κ2) is 4.75. The highest BCUT2D eigenvalue weighted by molar-refractivity contribution is 7.99. The summed E-state index contributed by atoms with van der Waals surface area (Å²) in [5.74, 6) is 0.184. The van der Waals surface area contributed by atoms with Crippen molar-refractivity contribution in [3.63, 3.8) is 0 Å². The zero-order valence-electron chi connectivity index (χ0n) is 9.49. The molecule has 0 aliphatic rings. The molecule has 88 valence electrons. The van der Waals surface area contributed by atoms with Gasteiger partial charge < -0.3 is 4.42 Å². The number of rotatable bonds is 3. The molecule has 0 aliphatic carbocycles. The first-order valence-corrected chi connectivity index (χ1v) is 5.92. The number of Topliss-reactive ketones (excluding diaryl/α,β-unsaturated/α-hetero) is 1. The maximum atomic E-state index is 13.7. The number of carbonyl (C=O) groups is 1. The first kappa shape index (κ1) is 11.9. The summed E-state index contributed by atoms with van der Waals surface area (Å²) < 4.78 is 18.9. The molecule has 0 N–H and O–H groups in total. The van der Waals surface area contributed by atoms with E-state index in [1.165, 1.54) is 24.8 Å². The van der Waals surface area contributed by atoms with Crippen LogP contribution in [0.5, 0.6) is 0 Å². The number of aryl methyl sites for hydroxylation is 1. The van der Waals surface area contributed by atoms with E-state index in [0.29, 0.717) is 16.2 Å². The summed E-state index contributed by atoms with van der Waals surface area (Å²) >= 11 is 1.21. The van der Waals surface area contributed by atoms with Crippen molar-refractivity contribution in [1.82, 2.24) is 0 Å². The van der Waals surface area contributed by atoms with Gasteiger partial charge in [-0.1, -0.05) is 23.9 Å². The smallest absolute Gasteiger partial charge is 0.161 e. The van der Waals surface area contributed by atoms with Crippen LogP contribution in [0.15, 0.2) is 44.7 Å². The van der Waals surface area contributed by atoms with Gasteiger partial charge in [0.15, 0.2) is 5.78 Å². The molecular formula is C13H11FO2S. The molecule has 2 aromatic rings. The van der Waals surface area contributed by atoms with Crippen molar-refractivity contribution in [2.75, 3.05) is 0 Å². The zero-order valence-corrected chi connectivity index (χ0v) is 10.3. The van der Waals surface area contributed by atoms with Gasteiger partial charge >= 0.3 is 0 Å². The van der Waals surface area contributed by atoms with Crippen LogP contribution < -0.4 is 0 Å². The Hall–Kier alpha value is -1.55. The summed E-state index contributed by atoms with van der Waals surface area (Å²) in [5.41, 5.74) is 0.399. The van der Waals surface area contributed by atoms with Gasteiger partial charge in [-0.15, -0.1) is 0 Å². The van der Waals surface area contributed by atoms with E-state index in [1.54, 1.807) is 31.4 Å². The molecule has 0 unspecified atom stereocenters. The summed E-state index contributed by atoms with van der Waals surface area (Å²) in [4.78, 5) is 12.6. The molecular weight excluding hydrogens is 239 g/mol. The predicted molar refractivity (Wildman–Crippen MR) is 64.0 cm³/mol. The Balaban J connectivity index is 2.45. The van der Waals surface area contributed by atoms with Gasteiger partial charge in [-0.05, 0) is 26.0 Å². The van der Waals surface area contributed by atoms with Crippen LogP contribution >= 0.6 is 11.8 Å². The molecule has 0 aliphatic heterocycles. The fourth-order valence-corrected chi connectivity index (χ4v) is 2.50. The van der Waals surface area contributed by atoms with E-state index in [1.807, 2.05) is 0 Å². The SMILES string of the molecule is CC(=O)c1cccc(F)c1Sc1ccoc1C. The highest BCUT2D eigenvalue weighted by Crippen LogP contribution is 2.35. The third-order valence-electron chi connectivity index (χ3n) is 2.37. The molecule has 1 aromatic carbocycles. The maximum Gasteiger partial charge on any atom is 0.161 e. The number of carbonyl (C=O) groups excluding carboxylic acids is 1. The van der Waals surface area contributed by atoms with E-state index in [9.17, 15) is 9.18 Å². The Morgan fingerprint density at radius 1 is 1.35 bits per heavy atom. The standard InChI is InChI=1S/C13H11FO2S/c1-8(15)10-4-3-5-11(14)13(10)17-12-6-7-16-9(12)2/h3-7H,1-2H3. The summed E-state index contributed by atoms with van der Waals surface area (Å²) in [6.07, 6.45) is 1.55. The fourth-order valence-electron chi connectivity index (χ4n) is 1.48. The largest absolute Gasteiger partial charge is 0.468 e. The van der Waals surface area contributed by atoms with Crippen molar-refractivity contribution >= 4 is 17.5 Å². The molecule has 4 heteroatoms. The summed E-state index contributed by atoms with van der Waals surface area (Å²) in [6, 6.07) is 6.28. The van der Waals surface area contributed by atoms with E-state index in [2.05, 4.69) is 0 Å². The molecule has 1 heterocycles. The average Bonchev–Trinajstić information content (AvgIpc) is 2.67. The Morgan fingerprint density at radius 2 is 2.12 bits per heavy atom. The number of hydrogen-bond acceptors (Lipinski definition) is 3. The van der Waals surface area contributed by atoms with Crippen molar-refractivity contribution in [3.05, 3.63) is 47.7 Å². The van der Waals surface area contributed by atoms with Gasteiger partial charge in [0.1, 0.15) is 11.6 Å². The molecule has 0 fully saturated rings. The zero-order chi connectivity index (χ0) is 12.4. The Kier molecular flexibility index (Phi) is 3.33. The number of furan rings is 1. The van der Waals surface area contributed by atoms with Crippen LogP contribution in [0.1, 0.15) is 23.0 Å². The lowest BCUT2D eigenvalue weighted by atomic mass is 10.1. The lowest BCUT2D eigenvalue weighted by molar-refractivity contribution is 0.101. The van der Waals surface area contributed by atoms with Crippen LogP contribution in [0, 0.1) is 12.7 Å². The van der Waals surface area contributed by atoms with Crippen molar-refractivity contribution in [2.45, 2.75) is 23.6 Å². The minimum Gasteiger partial charge on any atom is -0.468 e.